The highest BCUT2D eigenvalue weighted by Gasteiger charge is 2.42. The summed E-state index contributed by atoms with van der Waals surface area (Å²) in [5.74, 6) is 0.246. The summed E-state index contributed by atoms with van der Waals surface area (Å²) >= 11 is 0. The van der Waals surface area contributed by atoms with E-state index >= 15 is 0 Å². The largest absolute Gasteiger partial charge is 0.497 e. The summed E-state index contributed by atoms with van der Waals surface area (Å²) < 4.78 is 9.94. The van der Waals surface area contributed by atoms with Crippen LogP contribution in [0.2, 0.25) is 0 Å². The lowest BCUT2D eigenvalue weighted by atomic mass is 9.95. The van der Waals surface area contributed by atoms with Crippen LogP contribution >= 0.6 is 0 Å². The van der Waals surface area contributed by atoms with Crippen molar-refractivity contribution in [3.8, 4) is 5.75 Å². The van der Waals surface area contributed by atoms with Gasteiger partial charge in [-0.1, -0.05) is 12.1 Å². The summed E-state index contributed by atoms with van der Waals surface area (Å²) in [5, 5.41) is 0. The topological polar surface area (TPSA) is 76.2 Å². The Morgan fingerprint density at radius 1 is 1.11 bits per heavy atom. The van der Waals surface area contributed by atoms with Gasteiger partial charge in [0.05, 0.1) is 32.6 Å². The first kappa shape index (κ1) is 19.4. The molecule has 2 saturated heterocycles. The highest BCUT2D eigenvalue weighted by Crippen LogP contribution is 2.26. The van der Waals surface area contributed by atoms with Gasteiger partial charge in [-0.25, -0.2) is 0 Å². The average molecular weight is 374 g/mol. The molecule has 146 valence electrons. The molecule has 0 aromatic heterocycles. The van der Waals surface area contributed by atoms with Crippen molar-refractivity contribution in [2.45, 2.75) is 31.7 Å². The first-order chi connectivity index (χ1) is 13.0. The molecule has 1 aromatic rings. The second-order valence-corrected chi connectivity index (χ2v) is 7.04. The van der Waals surface area contributed by atoms with Crippen molar-refractivity contribution in [3.63, 3.8) is 0 Å². The quantitative estimate of drug-likeness (QED) is 0.551. The van der Waals surface area contributed by atoms with E-state index in [2.05, 4.69) is 0 Å². The van der Waals surface area contributed by atoms with Crippen molar-refractivity contribution < 1.29 is 23.9 Å². The van der Waals surface area contributed by atoms with Gasteiger partial charge in [0.1, 0.15) is 5.75 Å². The SMILES string of the molecule is COC(=O)C1CCN([C@@H]2CC(=O)N(CCc3ccc(OC)cc3)C2=O)CC1. The minimum Gasteiger partial charge on any atom is -0.497 e. The van der Waals surface area contributed by atoms with Gasteiger partial charge in [-0.3, -0.25) is 24.2 Å². The molecule has 0 saturated carbocycles. The van der Waals surface area contributed by atoms with E-state index in [-0.39, 0.29) is 30.1 Å². The lowest BCUT2D eigenvalue weighted by Crippen LogP contribution is -2.47. The van der Waals surface area contributed by atoms with Crippen LogP contribution in [0.5, 0.6) is 5.75 Å². The third-order valence-electron chi connectivity index (χ3n) is 5.51. The summed E-state index contributed by atoms with van der Waals surface area (Å²) in [6.45, 7) is 1.66. The van der Waals surface area contributed by atoms with E-state index < -0.39 is 6.04 Å². The van der Waals surface area contributed by atoms with Gasteiger partial charge in [0, 0.05) is 6.54 Å². The monoisotopic (exact) mass is 374 g/mol. The number of carbonyl (C=O) groups is 3. The molecule has 7 heteroatoms. The number of nitrogens with zero attached hydrogens (tertiary/aromatic N) is 2. The molecule has 0 N–H and O–H groups in total. The third kappa shape index (κ3) is 4.30. The van der Waals surface area contributed by atoms with Crippen LogP contribution < -0.4 is 4.74 Å². The Bertz CT molecular complexity index is 695. The zero-order valence-electron chi connectivity index (χ0n) is 15.8. The number of ether oxygens (including phenoxy) is 2. The van der Waals surface area contributed by atoms with Gasteiger partial charge < -0.3 is 9.47 Å². The molecule has 0 spiro atoms. The summed E-state index contributed by atoms with van der Waals surface area (Å²) in [6.07, 6.45) is 2.18. The zero-order chi connectivity index (χ0) is 19.4. The number of likely N-dealkylation sites (tertiary alicyclic amines) is 2. The number of piperidine rings is 1. The van der Waals surface area contributed by atoms with Crippen molar-refractivity contribution in [1.29, 1.82) is 0 Å². The molecule has 0 aliphatic carbocycles. The molecule has 2 amide bonds. The highest BCUT2D eigenvalue weighted by molar-refractivity contribution is 6.05. The maximum absolute atomic E-state index is 12.8. The molecular formula is C20H26N2O5. The number of hydrogen-bond donors (Lipinski definition) is 0. The first-order valence-corrected chi connectivity index (χ1v) is 9.32. The van der Waals surface area contributed by atoms with Gasteiger partial charge >= 0.3 is 5.97 Å². The van der Waals surface area contributed by atoms with E-state index in [1.165, 1.54) is 12.0 Å². The zero-order valence-corrected chi connectivity index (χ0v) is 15.8. The molecule has 0 bridgehead atoms. The predicted octanol–water partition coefficient (Wildman–Crippen LogP) is 1.25. The average Bonchev–Trinajstić information content (AvgIpc) is 3.00. The number of esters is 1. The van der Waals surface area contributed by atoms with Crippen LogP contribution in [0.4, 0.5) is 0 Å². The minimum atomic E-state index is -0.396. The summed E-state index contributed by atoms with van der Waals surface area (Å²) in [6, 6.07) is 7.23. The summed E-state index contributed by atoms with van der Waals surface area (Å²) in [5.41, 5.74) is 1.05. The van der Waals surface area contributed by atoms with Gasteiger partial charge in [0.25, 0.3) is 0 Å². The number of amides is 2. The Labute approximate surface area is 159 Å². The number of benzene rings is 1. The van der Waals surface area contributed by atoms with Crippen LogP contribution in [0.3, 0.4) is 0 Å². The maximum atomic E-state index is 12.8. The standard InChI is InChI=1S/C20H26N2O5/c1-26-16-5-3-14(4-6-16)7-12-22-18(23)13-17(19(22)24)21-10-8-15(9-11-21)20(25)27-2/h3-6,15,17H,7-13H2,1-2H3/t17-/m1/s1. The highest BCUT2D eigenvalue weighted by atomic mass is 16.5. The number of imide groups is 1. The summed E-state index contributed by atoms with van der Waals surface area (Å²) in [4.78, 5) is 40.2. The Hall–Kier alpha value is -2.41. The Morgan fingerprint density at radius 2 is 1.78 bits per heavy atom. The molecule has 3 rings (SSSR count). The number of carbonyl (C=O) groups excluding carboxylic acids is 3. The van der Waals surface area contributed by atoms with Gasteiger partial charge in [0.2, 0.25) is 11.8 Å². The smallest absolute Gasteiger partial charge is 0.308 e. The molecule has 27 heavy (non-hydrogen) atoms. The molecular weight excluding hydrogens is 348 g/mol. The van der Waals surface area contributed by atoms with Crippen LogP contribution in [-0.4, -0.2) is 67.5 Å². The second kappa shape index (κ2) is 8.52. The molecule has 1 atom stereocenters. The van der Waals surface area contributed by atoms with Crippen molar-refractivity contribution in [2.24, 2.45) is 5.92 Å². The van der Waals surface area contributed by atoms with E-state index in [1.54, 1.807) is 7.11 Å². The molecule has 7 nitrogen and oxygen atoms in total. The fourth-order valence-electron chi connectivity index (χ4n) is 3.83. The maximum Gasteiger partial charge on any atom is 0.308 e. The van der Waals surface area contributed by atoms with Crippen LogP contribution in [0.15, 0.2) is 24.3 Å². The molecule has 2 aliphatic heterocycles. The van der Waals surface area contributed by atoms with Crippen LogP contribution in [0, 0.1) is 5.92 Å². The van der Waals surface area contributed by atoms with Crippen molar-refractivity contribution in [1.82, 2.24) is 9.80 Å². The van der Waals surface area contributed by atoms with Crippen molar-refractivity contribution in [3.05, 3.63) is 29.8 Å². The van der Waals surface area contributed by atoms with Crippen LogP contribution in [0.1, 0.15) is 24.8 Å². The minimum absolute atomic E-state index is 0.107. The van der Waals surface area contributed by atoms with Crippen molar-refractivity contribution >= 4 is 17.8 Å². The number of methoxy groups -OCH3 is 2. The molecule has 0 unspecified atom stereocenters. The molecule has 0 radical (unpaired) electrons. The van der Waals surface area contributed by atoms with Gasteiger partial charge in [-0.05, 0) is 50.0 Å². The van der Waals surface area contributed by atoms with Gasteiger partial charge in [-0.2, -0.15) is 0 Å². The first-order valence-electron chi connectivity index (χ1n) is 9.32. The van der Waals surface area contributed by atoms with E-state index in [0.29, 0.717) is 38.9 Å². The van der Waals surface area contributed by atoms with Crippen LogP contribution in [0.25, 0.3) is 0 Å². The van der Waals surface area contributed by atoms with Gasteiger partial charge in [0.15, 0.2) is 0 Å². The Balaban J connectivity index is 1.54. The number of rotatable bonds is 6. The van der Waals surface area contributed by atoms with E-state index in [1.807, 2.05) is 29.2 Å². The lowest BCUT2D eigenvalue weighted by Gasteiger charge is -2.33. The molecule has 2 aliphatic rings. The van der Waals surface area contributed by atoms with E-state index in [0.717, 1.165) is 11.3 Å². The molecule has 2 heterocycles. The van der Waals surface area contributed by atoms with Crippen molar-refractivity contribution in [2.75, 3.05) is 33.9 Å². The molecule has 1 aromatic carbocycles. The summed E-state index contributed by atoms with van der Waals surface area (Å²) in [7, 11) is 3.01. The molecule has 2 fully saturated rings. The number of hydrogen-bond acceptors (Lipinski definition) is 6. The Kier molecular flexibility index (Phi) is 6.11. The fraction of sp³-hybridized carbons (Fsp3) is 0.550. The van der Waals surface area contributed by atoms with E-state index in [4.69, 9.17) is 9.47 Å². The second-order valence-electron chi connectivity index (χ2n) is 7.04. The normalized spacial score (nSPS) is 21.6. The fourth-order valence-corrected chi connectivity index (χ4v) is 3.83. The predicted molar refractivity (Wildman–Crippen MR) is 98.1 cm³/mol. The van der Waals surface area contributed by atoms with E-state index in [9.17, 15) is 14.4 Å². The van der Waals surface area contributed by atoms with Crippen LogP contribution in [-0.2, 0) is 25.5 Å². The third-order valence-corrected chi connectivity index (χ3v) is 5.51. The Morgan fingerprint density at radius 3 is 2.37 bits per heavy atom. The van der Waals surface area contributed by atoms with Gasteiger partial charge in [-0.15, -0.1) is 0 Å². The lowest BCUT2D eigenvalue weighted by molar-refractivity contribution is -0.147.